The molecule has 0 spiro atoms. The lowest BCUT2D eigenvalue weighted by atomic mass is 10.1. The summed E-state index contributed by atoms with van der Waals surface area (Å²) in [5, 5.41) is 0. The zero-order valence-corrected chi connectivity index (χ0v) is 13.6. The Kier molecular flexibility index (Phi) is 5.07. The van der Waals surface area contributed by atoms with E-state index in [4.69, 9.17) is 0 Å². The Hall–Kier alpha value is -2.76. The lowest BCUT2D eigenvalue weighted by Gasteiger charge is -2.26. The van der Waals surface area contributed by atoms with Gasteiger partial charge in [0.25, 0.3) is 0 Å². The molecular weight excluding hydrogens is 326 g/mol. The van der Waals surface area contributed by atoms with Crippen molar-refractivity contribution in [3.63, 3.8) is 0 Å². The molecule has 0 radical (unpaired) electrons. The Labute approximate surface area is 144 Å². The standard InChI is InChI=1S/C19H18F2N2O2/c20-15-8-9-17(21)14(11-15)12-23(16-5-2-1-3-6-16)19(25)13-22-10-4-7-18(22)24/h1-3,5-6,8-9,11H,4,7,10,12-13H2. The zero-order valence-electron chi connectivity index (χ0n) is 13.6. The molecule has 0 unspecified atom stereocenters. The SMILES string of the molecule is O=C1CCCN1CC(=O)N(Cc1cc(F)ccc1F)c1ccccc1. The molecule has 3 rings (SSSR count). The normalized spacial score (nSPS) is 14.0. The van der Waals surface area contributed by atoms with Crippen molar-refractivity contribution in [1.82, 2.24) is 4.90 Å². The number of carbonyl (C=O) groups is 2. The molecule has 0 saturated carbocycles. The van der Waals surface area contributed by atoms with Crippen molar-refractivity contribution in [3.8, 4) is 0 Å². The van der Waals surface area contributed by atoms with Gasteiger partial charge in [0.05, 0.1) is 6.54 Å². The number of hydrogen-bond acceptors (Lipinski definition) is 2. The van der Waals surface area contributed by atoms with Gasteiger partial charge in [0.15, 0.2) is 0 Å². The molecule has 2 aromatic carbocycles. The number of para-hydroxylation sites is 1. The highest BCUT2D eigenvalue weighted by Gasteiger charge is 2.26. The molecule has 1 saturated heterocycles. The van der Waals surface area contributed by atoms with Gasteiger partial charge in [-0.1, -0.05) is 18.2 Å². The first-order valence-electron chi connectivity index (χ1n) is 8.12. The van der Waals surface area contributed by atoms with Gasteiger partial charge in [0, 0.05) is 24.2 Å². The zero-order chi connectivity index (χ0) is 17.8. The van der Waals surface area contributed by atoms with Crippen LogP contribution in [0.4, 0.5) is 14.5 Å². The predicted molar refractivity (Wildman–Crippen MR) is 89.8 cm³/mol. The van der Waals surface area contributed by atoms with E-state index in [-0.39, 0.29) is 30.5 Å². The number of benzene rings is 2. The summed E-state index contributed by atoms with van der Waals surface area (Å²) in [5.74, 6) is -1.53. The number of halogens is 2. The van der Waals surface area contributed by atoms with E-state index >= 15 is 0 Å². The van der Waals surface area contributed by atoms with Crippen molar-refractivity contribution in [1.29, 1.82) is 0 Å². The summed E-state index contributed by atoms with van der Waals surface area (Å²) in [6.07, 6.45) is 1.17. The van der Waals surface area contributed by atoms with E-state index in [0.29, 0.717) is 18.7 Å². The predicted octanol–water partition coefficient (Wildman–Crippen LogP) is 3.12. The van der Waals surface area contributed by atoms with E-state index in [9.17, 15) is 18.4 Å². The number of likely N-dealkylation sites (tertiary alicyclic amines) is 1. The quantitative estimate of drug-likeness (QED) is 0.836. The fraction of sp³-hybridized carbons (Fsp3) is 0.263. The Bertz CT molecular complexity index is 780. The first-order chi connectivity index (χ1) is 12.0. The molecule has 0 atom stereocenters. The van der Waals surface area contributed by atoms with E-state index in [1.54, 1.807) is 30.3 Å². The minimum Gasteiger partial charge on any atom is -0.333 e. The molecule has 1 heterocycles. The van der Waals surface area contributed by atoms with Gasteiger partial charge in [-0.2, -0.15) is 0 Å². The van der Waals surface area contributed by atoms with E-state index in [1.165, 1.54) is 9.80 Å². The van der Waals surface area contributed by atoms with E-state index < -0.39 is 11.6 Å². The Morgan fingerprint density at radius 2 is 1.88 bits per heavy atom. The number of hydrogen-bond donors (Lipinski definition) is 0. The van der Waals surface area contributed by atoms with Gasteiger partial charge >= 0.3 is 0 Å². The van der Waals surface area contributed by atoms with Crippen LogP contribution >= 0.6 is 0 Å². The first kappa shape index (κ1) is 17.1. The summed E-state index contributed by atoms with van der Waals surface area (Å²) < 4.78 is 27.5. The van der Waals surface area contributed by atoms with Crippen LogP contribution in [0.2, 0.25) is 0 Å². The highest BCUT2D eigenvalue weighted by Crippen LogP contribution is 2.20. The van der Waals surface area contributed by atoms with Gasteiger partial charge in [-0.3, -0.25) is 9.59 Å². The summed E-state index contributed by atoms with van der Waals surface area (Å²) in [4.78, 5) is 27.4. The molecule has 0 aromatic heterocycles. The summed E-state index contributed by atoms with van der Waals surface area (Å²) in [6.45, 7) is 0.376. The lowest BCUT2D eigenvalue weighted by Crippen LogP contribution is -2.40. The Balaban J connectivity index is 1.86. The van der Waals surface area contributed by atoms with Gasteiger partial charge < -0.3 is 9.80 Å². The van der Waals surface area contributed by atoms with Crippen molar-refractivity contribution in [3.05, 3.63) is 65.7 Å². The van der Waals surface area contributed by atoms with Crippen LogP contribution in [0.1, 0.15) is 18.4 Å². The third-order valence-electron chi connectivity index (χ3n) is 4.20. The number of nitrogens with zero attached hydrogens (tertiary/aromatic N) is 2. The fourth-order valence-electron chi connectivity index (χ4n) is 2.89. The summed E-state index contributed by atoms with van der Waals surface area (Å²) >= 11 is 0. The molecule has 0 bridgehead atoms. The average Bonchev–Trinajstić information content (AvgIpc) is 3.01. The third kappa shape index (κ3) is 4.02. The molecule has 1 aliphatic rings. The van der Waals surface area contributed by atoms with Crippen molar-refractivity contribution in [2.45, 2.75) is 19.4 Å². The summed E-state index contributed by atoms with van der Waals surface area (Å²) in [6, 6.07) is 11.9. The lowest BCUT2D eigenvalue weighted by molar-refractivity contribution is -0.132. The van der Waals surface area contributed by atoms with Crippen molar-refractivity contribution >= 4 is 17.5 Å². The minimum absolute atomic E-state index is 0.0571. The largest absolute Gasteiger partial charge is 0.333 e. The number of amides is 2. The minimum atomic E-state index is -0.576. The number of carbonyl (C=O) groups excluding carboxylic acids is 2. The van der Waals surface area contributed by atoms with Crippen LogP contribution in [0.3, 0.4) is 0 Å². The molecule has 0 N–H and O–H groups in total. The van der Waals surface area contributed by atoms with E-state index in [0.717, 1.165) is 24.6 Å². The fourth-order valence-corrected chi connectivity index (χ4v) is 2.89. The molecule has 6 heteroatoms. The van der Waals surface area contributed by atoms with E-state index in [1.807, 2.05) is 0 Å². The van der Waals surface area contributed by atoms with Gasteiger partial charge in [-0.15, -0.1) is 0 Å². The summed E-state index contributed by atoms with van der Waals surface area (Å²) in [5.41, 5.74) is 0.660. The molecular formula is C19H18F2N2O2. The third-order valence-corrected chi connectivity index (χ3v) is 4.20. The molecule has 2 aromatic rings. The maximum absolute atomic E-state index is 14.0. The first-order valence-corrected chi connectivity index (χ1v) is 8.12. The van der Waals surface area contributed by atoms with Gasteiger partial charge in [0.2, 0.25) is 11.8 Å². The molecule has 4 nitrogen and oxygen atoms in total. The monoisotopic (exact) mass is 344 g/mol. The molecule has 1 fully saturated rings. The van der Waals surface area contributed by atoms with Gasteiger partial charge in [0.1, 0.15) is 18.2 Å². The van der Waals surface area contributed by atoms with Gasteiger partial charge in [-0.05, 0) is 36.8 Å². The Morgan fingerprint density at radius 3 is 2.56 bits per heavy atom. The topological polar surface area (TPSA) is 40.6 Å². The molecule has 1 aliphatic heterocycles. The Morgan fingerprint density at radius 1 is 1.12 bits per heavy atom. The molecule has 2 amide bonds. The van der Waals surface area contributed by atoms with Crippen molar-refractivity contribution in [2.75, 3.05) is 18.0 Å². The second kappa shape index (κ2) is 7.42. The van der Waals surface area contributed by atoms with Gasteiger partial charge in [-0.25, -0.2) is 8.78 Å². The number of anilines is 1. The second-order valence-electron chi connectivity index (χ2n) is 5.97. The van der Waals surface area contributed by atoms with Crippen molar-refractivity contribution in [2.24, 2.45) is 0 Å². The van der Waals surface area contributed by atoms with Crippen LogP contribution in [0.5, 0.6) is 0 Å². The summed E-state index contributed by atoms with van der Waals surface area (Å²) in [7, 11) is 0. The second-order valence-corrected chi connectivity index (χ2v) is 5.97. The van der Waals surface area contributed by atoms with Crippen LogP contribution in [0.25, 0.3) is 0 Å². The van der Waals surface area contributed by atoms with Crippen molar-refractivity contribution < 1.29 is 18.4 Å². The maximum atomic E-state index is 14.0. The molecule has 130 valence electrons. The van der Waals surface area contributed by atoms with Crippen LogP contribution in [-0.4, -0.2) is 29.8 Å². The smallest absolute Gasteiger partial charge is 0.246 e. The maximum Gasteiger partial charge on any atom is 0.246 e. The highest BCUT2D eigenvalue weighted by molar-refractivity contribution is 5.96. The van der Waals surface area contributed by atoms with E-state index in [2.05, 4.69) is 0 Å². The van der Waals surface area contributed by atoms with Crippen LogP contribution in [-0.2, 0) is 16.1 Å². The molecule has 0 aliphatic carbocycles. The highest BCUT2D eigenvalue weighted by atomic mass is 19.1. The number of rotatable bonds is 5. The molecule has 25 heavy (non-hydrogen) atoms. The average molecular weight is 344 g/mol. The van der Waals surface area contributed by atoms with Crippen LogP contribution < -0.4 is 4.90 Å². The van der Waals surface area contributed by atoms with Crippen LogP contribution in [0.15, 0.2) is 48.5 Å². The van der Waals surface area contributed by atoms with Crippen LogP contribution in [0, 0.1) is 11.6 Å².